The van der Waals surface area contributed by atoms with Gasteiger partial charge in [0.1, 0.15) is 0 Å². The van der Waals surface area contributed by atoms with E-state index in [1.807, 2.05) is 6.92 Å². The maximum Gasteiger partial charge on any atom is 0.0599 e. The molecule has 3 unspecified atom stereocenters. The van der Waals surface area contributed by atoms with Gasteiger partial charge in [0.05, 0.1) is 18.3 Å². The summed E-state index contributed by atoms with van der Waals surface area (Å²) in [5.74, 6) is 0. The van der Waals surface area contributed by atoms with E-state index < -0.39 is 0 Å². The molecular weight excluding hydrogens is 204 g/mol. The summed E-state index contributed by atoms with van der Waals surface area (Å²) >= 11 is 0. The van der Waals surface area contributed by atoms with Crippen molar-refractivity contribution >= 4 is 0 Å². The molecule has 3 atom stereocenters. The molecule has 1 saturated carbocycles. The third kappa shape index (κ3) is 5.83. The molecular formula is C13H26O3. The smallest absolute Gasteiger partial charge is 0.0599 e. The van der Waals surface area contributed by atoms with Crippen LogP contribution in [0.5, 0.6) is 0 Å². The molecule has 0 amide bonds. The van der Waals surface area contributed by atoms with Crippen LogP contribution in [0.25, 0.3) is 0 Å². The maximum absolute atomic E-state index is 9.11. The van der Waals surface area contributed by atoms with Gasteiger partial charge in [0, 0.05) is 13.7 Å². The minimum Gasteiger partial charge on any atom is -0.393 e. The van der Waals surface area contributed by atoms with Crippen LogP contribution in [-0.2, 0) is 9.47 Å². The fraction of sp³-hybridized carbons (Fsp3) is 1.00. The molecule has 1 aliphatic rings. The average molecular weight is 230 g/mol. The van der Waals surface area contributed by atoms with Crippen molar-refractivity contribution in [3.05, 3.63) is 0 Å². The van der Waals surface area contributed by atoms with Crippen LogP contribution in [-0.4, -0.2) is 37.1 Å². The molecule has 3 nitrogen and oxygen atoms in total. The van der Waals surface area contributed by atoms with Crippen LogP contribution in [0.15, 0.2) is 0 Å². The van der Waals surface area contributed by atoms with E-state index in [1.165, 1.54) is 19.3 Å². The van der Waals surface area contributed by atoms with Gasteiger partial charge in [0.2, 0.25) is 0 Å². The van der Waals surface area contributed by atoms with E-state index >= 15 is 0 Å². The average Bonchev–Trinajstić information content (AvgIpc) is 2.28. The van der Waals surface area contributed by atoms with Gasteiger partial charge in [0.15, 0.2) is 0 Å². The van der Waals surface area contributed by atoms with E-state index in [0.717, 1.165) is 32.3 Å². The number of aliphatic hydroxyl groups is 1. The highest BCUT2D eigenvalue weighted by Gasteiger charge is 2.21. The molecule has 16 heavy (non-hydrogen) atoms. The molecule has 0 bridgehead atoms. The number of ether oxygens (including phenoxy) is 2. The monoisotopic (exact) mass is 230 g/mol. The van der Waals surface area contributed by atoms with E-state index in [-0.39, 0.29) is 6.10 Å². The number of unbranched alkanes of at least 4 members (excludes halogenated alkanes) is 1. The summed E-state index contributed by atoms with van der Waals surface area (Å²) in [5, 5.41) is 9.11. The molecule has 0 aromatic carbocycles. The molecule has 1 N–H and O–H groups in total. The Morgan fingerprint density at radius 1 is 1.25 bits per heavy atom. The van der Waals surface area contributed by atoms with Gasteiger partial charge in [-0.2, -0.15) is 0 Å². The van der Waals surface area contributed by atoms with Crippen molar-refractivity contribution in [2.75, 3.05) is 13.7 Å². The van der Waals surface area contributed by atoms with Gasteiger partial charge in [-0.15, -0.1) is 0 Å². The van der Waals surface area contributed by atoms with Crippen molar-refractivity contribution in [3.63, 3.8) is 0 Å². The van der Waals surface area contributed by atoms with E-state index in [1.54, 1.807) is 7.11 Å². The SMILES string of the molecule is COC1CCCC(OCCCCC(C)O)C1. The topological polar surface area (TPSA) is 38.7 Å². The standard InChI is InChI=1S/C13H26O3/c1-11(14)6-3-4-9-16-13-8-5-7-12(10-13)15-2/h11-14H,3-10H2,1-2H3. The summed E-state index contributed by atoms with van der Waals surface area (Å²) in [4.78, 5) is 0. The van der Waals surface area contributed by atoms with Gasteiger partial charge < -0.3 is 14.6 Å². The van der Waals surface area contributed by atoms with Crippen LogP contribution in [0.2, 0.25) is 0 Å². The van der Waals surface area contributed by atoms with Gasteiger partial charge in [-0.1, -0.05) is 0 Å². The molecule has 0 radical (unpaired) electrons. The number of aliphatic hydroxyl groups excluding tert-OH is 1. The lowest BCUT2D eigenvalue weighted by Crippen LogP contribution is -2.27. The molecule has 0 aromatic rings. The molecule has 0 aromatic heterocycles. The van der Waals surface area contributed by atoms with Crippen molar-refractivity contribution in [1.29, 1.82) is 0 Å². The van der Waals surface area contributed by atoms with Crippen molar-refractivity contribution in [1.82, 2.24) is 0 Å². The highest BCUT2D eigenvalue weighted by molar-refractivity contribution is 4.73. The molecule has 1 fully saturated rings. The van der Waals surface area contributed by atoms with Gasteiger partial charge in [-0.25, -0.2) is 0 Å². The first kappa shape index (κ1) is 13.9. The minimum atomic E-state index is -0.174. The largest absolute Gasteiger partial charge is 0.393 e. The Morgan fingerprint density at radius 2 is 2.00 bits per heavy atom. The third-order valence-electron chi connectivity index (χ3n) is 3.28. The van der Waals surface area contributed by atoms with Crippen molar-refractivity contribution in [2.45, 2.75) is 70.2 Å². The van der Waals surface area contributed by atoms with E-state index in [2.05, 4.69) is 0 Å². The van der Waals surface area contributed by atoms with Crippen LogP contribution in [0.4, 0.5) is 0 Å². The van der Waals surface area contributed by atoms with E-state index in [9.17, 15) is 0 Å². The molecule has 1 rings (SSSR count). The third-order valence-corrected chi connectivity index (χ3v) is 3.28. The summed E-state index contributed by atoms with van der Waals surface area (Å²) in [7, 11) is 1.79. The molecule has 0 heterocycles. The molecule has 1 aliphatic carbocycles. The second-order valence-electron chi connectivity index (χ2n) is 4.86. The summed E-state index contributed by atoms with van der Waals surface area (Å²) in [5.41, 5.74) is 0. The Labute approximate surface area is 99.1 Å². The lowest BCUT2D eigenvalue weighted by Gasteiger charge is -2.28. The van der Waals surface area contributed by atoms with Crippen LogP contribution in [0, 0.1) is 0 Å². The maximum atomic E-state index is 9.11. The molecule has 0 saturated heterocycles. The Bertz CT molecular complexity index is 171. The zero-order valence-electron chi connectivity index (χ0n) is 10.7. The van der Waals surface area contributed by atoms with Crippen molar-refractivity contribution in [2.24, 2.45) is 0 Å². The first-order valence-electron chi connectivity index (χ1n) is 6.55. The van der Waals surface area contributed by atoms with Gasteiger partial charge in [-0.05, 0) is 51.9 Å². The normalized spacial score (nSPS) is 27.9. The Morgan fingerprint density at radius 3 is 2.69 bits per heavy atom. The molecule has 3 heteroatoms. The van der Waals surface area contributed by atoms with Gasteiger partial charge in [0.25, 0.3) is 0 Å². The van der Waals surface area contributed by atoms with Crippen LogP contribution >= 0.6 is 0 Å². The summed E-state index contributed by atoms with van der Waals surface area (Å²) in [6.45, 7) is 2.67. The predicted octanol–water partition coefficient (Wildman–Crippen LogP) is 2.51. The fourth-order valence-corrected chi connectivity index (χ4v) is 2.26. The Kier molecular flexibility index (Phi) is 7.01. The first-order valence-corrected chi connectivity index (χ1v) is 6.55. The zero-order chi connectivity index (χ0) is 11.8. The Balaban J connectivity index is 1.99. The van der Waals surface area contributed by atoms with Crippen LogP contribution in [0.3, 0.4) is 0 Å². The number of hydrogen-bond donors (Lipinski definition) is 1. The van der Waals surface area contributed by atoms with E-state index in [0.29, 0.717) is 12.2 Å². The second-order valence-corrected chi connectivity index (χ2v) is 4.86. The molecule has 0 spiro atoms. The number of methoxy groups -OCH3 is 1. The molecule has 0 aliphatic heterocycles. The lowest BCUT2D eigenvalue weighted by atomic mass is 9.95. The summed E-state index contributed by atoms with van der Waals surface area (Å²) < 4.78 is 11.2. The van der Waals surface area contributed by atoms with Crippen LogP contribution in [0.1, 0.15) is 51.9 Å². The summed E-state index contributed by atoms with van der Waals surface area (Å²) in [6.07, 6.45) is 8.23. The first-order chi connectivity index (χ1) is 7.72. The molecule has 96 valence electrons. The number of rotatable bonds is 7. The minimum absolute atomic E-state index is 0.174. The lowest BCUT2D eigenvalue weighted by molar-refractivity contribution is -0.0306. The highest BCUT2D eigenvalue weighted by atomic mass is 16.5. The van der Waals surface area contributed by atoms with Gasteiger partial charge >= 0.3 is 0 Å². The van der Waals surface area contributed by atoms with Crippen molar-refractivity contribution < 1.29 is 14.6 Å². The second kappa shape index (κ2) is 8.04. The predicted molar refractivity (Wildman–Crippen MR) is 64.5 cm³/mol. The zero-order valence-corrected chi connectivity index (χ0v) is 10.7. The van der Waals surface area contributed by atoms with Gasteiger partial charge in [-0.3, -0.25) is 0 Å². The van der Waals surface area contributed by atoms with Crippen molar-refractivity contribution in [3.8, 4) is 0 Å². The van der Waals surface area contributed by atoms with Crippen LogP contribution < -0.4 is 0 Å². The van der Waals surface area contributed by atoms with E-state index in [4.69, 9.17) is 14.6 Å². The highest BCUT2D eigenvalue weighted by Crippen LogP contribution is 2.23. The summed E-state index contributed by atoms with van der Waals surface area (Å²) in [6, 6.07) is 0. The quantitative estimate of drug-likeness (QED) is 0.683. The number of hydrogen-bond acceptors (Lipinski definition) is 3. The fourth-order valence-electron chi connectivity index (χ4n) is 2.26. The Hall–Kier alpha value is -0.120.